The third kappa shape index (κ3) is 4.21. The molecule has 2 heterocycles. The topological polar surface area (TPSA) is 58.4 Å². The summed E-state index contributed by atoms with van der Waals surface area (Å²) in [4.78, 5) is 28.2. The third-order valence-corrected chi connectivity index (χ3v) is 5.45. The molecule has 0 N–H and O–H groups in total. The van der Waals surface area contributed by atoms with Gasteiger partial charge in [0.1, 0.15) is 0 Å². The smallest absolute Gasteiger partial charge is 0.253 e. The van der Waals surface area contributed by atoms with Gasteiger partial charge in [-0.25, -0.2) is 0 Å². The zero-order valence-electron chi connectivity index (χ0n) is 15.8. The highest BCUT2D eigenvalue weighted by atomic mass is 16.2. The van der Waals surface area contributed by atoms with Gasteiger partial charge in [0.15, 0.2) is 0 Å². The number of hydrogen-bond acceptors (Lipinski definition) is 3. The summed E-state index contributed by atoms with van der Waals surface area (Å²) in [5, 5.41) is 4.46. The lowest BCUT2D eigenvalue weighted by molar-refractivity contribution is -0.128. The first-order valence-electron chi connectivity index (χ1n) is 9.78. The quantitative estimate of drug-likeness (QED) is 0.836. The zero-order chi connectivity index (χ0) is 18.8. The molecule has 1 saturated heterocycles. The number of nitrogens with zero attached hydrogens (tertiary/aromatic N) is 4. The van der Waals surface area contributed by atoms with Crippen molar-refractivity contribution in [3.05, 3.63) is 42.2 Å². The summed E-state index contributed by atoms with van der Waals surface area (Å²) in [6.45, 7) is 5.17. The van der Waals surface area contributed by atoms with Crippen LogP contribution in [0.5, 0.6) is 0 Å². The molecule has 6 nitrogen and oxygen atoms in total. The molecule has 1 saturated carbocycles. The van der Waals surface area contributed by atoms with Crippen molar-refractivity contribution in [2.75, 3.05) is 26.2 Å². The number of rotatable bonds is 4. The molecule has 27 heavy (non-hydrogen) atoms. The van der Waals surface area contributed by atoms with Crippen molar-refractivity contribution in [3.63, 3.8) is 0 Å². The van der Waals surface area contributed by atoms with Crippen molar-refractivity contribution in [2.24, 2.45) is 5.92 Å². The summed E-state index contributed by atoms with van der Waals surface area (Å²) in [5.74, 6) is 0.894. The average molecular weight is 366 g/mol. The second kappa shape index (κ2) is 7.55. The van der Waals surface area contributed by atoms with E-state index in [0.29, 0.717) is 25.2 Å². The monoisotopic (exact) mass is 366 g/mol. The van der Waals surface area contributed by atoms with Gasteiger partial charge < -0.3 is 9.80 Å². The van der Waals surface area contributed by atoms with Crippen LogP contribution in [0.25, 0.3) is 11.1 Å². The number of carbonyl (C=O) groups is 2. The molecule has 0 spiro atoms. The van der Waals surface area contributed by atoms with Crippen molar-refractivity contribution >= 4 is 11.8 Å². The predicted octanol–water partition coefficient (Wildman–Crippen LogP) is 2.65. The van der Waals surface area contributed by atoms with Gasteiger partial charge in [-0.3, -0.25) is 14.3 Å². The van der Waals surface area contributed by atoms with Gasteiger partial charge in [-0.2, -0.15) is 5.10 Å². The maximum Gasteiger partial charge on any atom is 0.253 e. The maximum atomic E-state index is 13.0. The Bertz CT molecular complexity index is 840. The summed E-state index contributed by atoms with van der Waals surface area (Å²) >= 11 is 0. The molecule has 4 rings (SSSR count). The van der Waals surface area contributed by atoms with Crippen LogP contribution >= 0.6 is 0 Å². The number of carbonyl (C=O) groups excluding carboxylic acids is 2. The van der Waals surface area contributed by atoms with Crippen molar-refractivity contribution in [2.45, 2.75) is 32.7 Å². The fraction of sp³-hybridized carbons (Fsp3) is 0.476. The summed E-state index contributed by atoms with van der Waals surface area (Å²) in [7, 11) is 0. The van der Waals surface area contributed by atoms with Crippen LogP contribution < -0.4 is 0 Å². The SMILES string of the molecule is CC(=O)N1CCCN(C(=O)c2cccc(-c3cnn(CC4CC4)c3)c2)CC1. The molecule has 0 bridgehead atoms. The zero-order valence-corrected chi connectivity index (χ0v) is 15.8. The van der Waals surface area contributed by atoms with Crippen LogP contribution in [0.4, 0.5) is 0 Å². The first kappa shape index (κ1) is 17.8. The van der Waals surface area contributed by atoms with Gasteiger partial charge in [-0.05, 0) is 42.9 Å². The van der Waals surface area contributed by atoms with Crippen molar-refractivity contribution in [3.8, 4) is 11.1 Å². The Labute approximate surface area is 159 Å². The lowest BCUT2D eigenvalue weighted by atomic mass is 10.1. The fourth-order valence-corrected chi connectivity index (χ4v) is 3.63. The molecule has 2 aliphatic rings. The van der Waals surface area contributed by atoms with Crippen LogP contribution in [-0.4, -0.2) is 57.6 Å². The molecular weight excluding hydrogens is 340 g/mol. The van der Waals surface area contributed by atoms with Gasteiger partial charge >= 0.3 is 0 Å². The van der Waals surface area contributed by atoms with E-state index >= 15 is 0 Å². The molecule has 1 aromatic carbocycles. The summed E-state index contributed by atoms with van der Waals surface area (Å²) in [5.41, 5.74) is 2.76. The number of benzene rings is 1. The van der Waals surface area contributed by atoms with Crippen molar-refractivity contribution in [1.29, 1.82) is 0 Å². The van der Waals surface area contributed by atoms with Gasteiger partial charge in [0.2, 0.25) is 5.91 Å². The normalized spacial score (nSPS) is 17.7. The second-order valence-corrected chi connectivity index (χ2v) is 7.63. The molecule has 2 amide bonds. The number of amides is 2. The molecule has 6 heteroatoms. The minimum atomic E-state index is 0.0348. The Balaban J connectivity index is 1.47. The van der Waals surface area contributed by atoms with E-state index < -0.39 is 0 Å². The van der Waals surface area contributed by atoms with Crippen molar-refractivity contribution < 1.29 is 9.59 Å². The van der Waals surface area contributed by atoms with E-state index in [1.54, 1.807) is 6.92 Å². The van der Waals surface area contributed by atoms with Crippen LogP contribution in [0.1, 0.15) is 36.5 Å². The summed E-state index contributed by atoms with van der Waals surface area (Å²) in [6.07, 6.45) is 7.37. The minimum absolute atomic E-state index is 0.0348. The molecule has 0 radical (unpaired) electrons. The van der Waals surface area contributed by atoms with Gasteiger partial charge in [0.05, 0.1) is 6.20 Å². The fourth-order valence-electron chi connectivity index (χ4n) is 3.63. The van der Waals surface area contributed by atoms with Gasteiger partial charge in [-0.1, -0.05) is 12.1 Å². The van der Waals surface area contributed by atoms with E-state index in [2.05, 4.69) is 11.3 Å². The lowest BCUT2D eigenvalue weighted by Gasteiger charge is -2.21. The largest absolute Gasteiger partial charge is 0.341 e. The van der Waals surface area contributed by atoms with E-state index in [1.165, 1.54) is 12.8 Å². The van der Waals surface area contributed by atoms with Gasteiger partial charge in [0, 0.05) is 57.0 Å². The Morgan fingerprint density at radius 2 is 1.85 bits per heavy atom. The highest BCUT2D eigenvalue weighted by Crippen LogP contribution is 2.31. The van der Waals surface area contributed by atoms with Crippen LogP contribution in [0.15, 0.2) is 36.7 Å². The van der Waals surface area contributed by atoms with Crippen molar-refractivity contribution in [1.82, 2.24) is 19.6 Å². The summed E-state index contributed by atoms with van der Waals surface area (Å²) in [6, 6.07) is 7.78. The highest BCUT2D eigenvalue weighted by molar-refractivity contribution is 5.95. The molecule has 142 valence electrons. The lowest BCUT2D eigenvalue weighted by Crippen LogP contribution is -2.36. The molecular formula is C21H26N4O2. The Morgan fingerprint density at radius 1 is 1.07 bits per heavy atom. The first-order valence-corrected chi connectivity index (χ1v) is 9.78. The molecule has 0 unspecified atom stereocenters. The number of hydrogen-bond donors (Lipinski definition) is 0. The minimum Gasteiger partial charge on any atom is -0.341 e. The first-order chi connectivity index (χ1) is 13.1. The molecule has 1 aliphatic carbocycles. The Kier molecular flexibility index (Phi) is 4.97. The molecule has 0 atom stereocenters. The van der Waals surface area contributed by atoms with Crippen LogP contribution in [0.3, 0.4) is 0 Å². The highest BCUT2D eigenvalue weighted by Gasteiger charge is 2.23. The molecule has 2 fully saturated rings. The van der Waals surface area contributed by atoms with Crippen LogP contribution in [0, 0.1) is 5.92 Å². The molecule has 2 aromatic rings. The Morgan fingerprint density at radius 3 is 2.63 bits per heavy atom. The van der Waals surface area contributed by atoms with E-state index in [-0.39, 0.29) is 11.8 Å². The van der Waals surface area contributed by atoms with Crippen LogP contribution in [-0.2, 0) is 11.3 Å². The van der Waals surface area contributed by atoms with Crippen LogP contribution in [0.2, 0.25) is 0 Å². The predicted molar refractivity (Wildman–Crippen MR) is 103 cm³/mol. The standard InChI is InChI=1S/C21H26N4O2/c1-16(26)23-8-3-9-24(11-10-23)21(27)19-5-2-4-18(12-19)20-13-22-25(15-20)14-17-6-7-17/h2,4-5,12-13,15,17H,3,6-11,14H2,1H3. The second-order valence-electron chi connectivity index (χ2n) is 7.63. The van der Waals surface area contributed by atoms with E-state index in [9.17, 15) is 9.59 Å². The van der Waals surface area contributed by atoms with E-state index in [1.807, 2.05) is 44.9 Å². The maximum absolute atomic E-state index is 13.0. The Hall–Kier alpha value is -2.63. The van der Waals surface area contributed by atoms with E-state index in [0.717, 1.165) is 36.6 Å². The van der Waals surface area contributed by atoms with E-state index in [4.69, 9.17) is 0 Å². The summed E-state index contributed by atoms with van der Waals surface area (Å²) < 4.78 is 2.01. The molecule has 1 aliphatic heterocycles. The van der Waals surface area contributed by atoms with Gasteiger partial charge in [-0.15, -0.1) is 0 Å². The molecule has 1 aromatic heterocycles. The number of aromatic nitrogens is 2. The van der Waals surface area contributed by atoms with Gasteiger partial charge in [0.25, 0.3) is 5.91 Å². The average Bonchev–Trinajstić information content (AvgIpc) is 3.42. The third-order valence-electron chi connectivity index (χ3n) is 5.45.